The summed E-state index contributed by atoms with van der Waals surface area (Å²) in [6, 6.07) is 11.4. The van der Waals surface area contributed by atoms with E-state index in [0.29, 0.717) is 11.3 Å². The van der Waals surface area contributed by atoms with Gasteiger partial charge in [0.05, 0.1) is 12.4 Å². The van der Waals surface area contributed by atoms with E-state index in [-0.39, 0.29) is 5.84 Å². The minimum atomic E-state index is 0.0524. The number of nitrogens with zero attached hydrogens (tertiary/aromatic N) is 2. The second kappa shape index (κ2) is 5.28. The van der Waals surface area contributed by atoms with E-state index in [4.69, 9.17) is 15.9 Å². The van der Waals surface area contributed by atoms with E-state index in [0.717, 1.165) is 23.1 Å². The van der Waals surface area contributed by atoms with E-state index in [1.165, 1.54) is 0 Å². The molecule has 0 radical (unpaired) electrons. The zero-order chi connectivity index (χ0) is 14.8. The van der Waals surface area contributed by atoms with E-state index in [9.17, 15) is 0 Å². The summed E-state index contributed by atoms with van der Waals surface area (Å²) in [5, 5.41) is 13.7. The maximum atomic E-state index is 7.66. The number of rotatable bonds is 4. The standard InChI is InChI=1S/C16H16N4O/c1-2-20-10-11(9-19-20)21-15-8-7-14(16(17)18)12-5-3-4-6-13(12)15/h3-10H,2H2,1H3,(H3,17,18). The normalized spacial score (nSPS) is 10.7. The topological polar surface area (TPSA) is 76.9 Å². The molecule has 0 aliphatic heterocycles. The van der Waals surface area contributed by atoms with Gasteiger partial charge in [-0.25, -0.2) is 0 Å². The summed E-state index contributed by atoms with van der Waals surface area (Å²) in [4.78, 5) is 0. The Morgan fingerprint density at radius 2 is 2.00 bits per heavy atom. The van der Waals surface area contributed by atoms with Crippen LogP contribution in [0, 0.1) is 5.41 Å². The molecule has 0 saturated carbocycles. The van der Waals surface area contributed by atoms with Crippen LogP contribution in [0.5, 0.6) is 11.5 Å². The largest absolute Gasteiger partial charge is 0.453 e. The van der Waals surface area contributed by atoms with E-state index >= 15 is 0 Å². The molecule has 2 aromatic carbocycles. The van der Waals surface area contributed by atoms with Crippen molar-refractivity contribution in [3.63, 3.8) is 0 Å². The number of ether oxygens (including phenoxy) is 1. The summed E-state index contributed by atoms with van der Waals surface area (Å²) in [5.41, 5.74) is 6.34. The molecule has 1 heterocycles. The molecule has 0 bridgehead atoms. The average molecular weight is 280 g/mol. The smallest absolute Gasteiger partial charge is 0.165 e. The molecule has 0 aliphatic rings. The van der Waals surface area contributed by atoms with Gasteiger partial charge in [-0.15, -0.1) is 0 Å². The molecule has 0 unspecified atom stereocenters. The summed E-state index contributed by atoms with van der Waals surface area (Å²) in [7, 11) is 0. The van der Waals surface area contributed by atoms with Crippen molar-refractivity contribution in [2.24, 2.45) is 5.73 Å². The Labute approximate surface area is 122 Å². The molecule has 0 amide bonds. The first-order chi connectivity index (χ1) is 10.2. The molecule has 5 nitrogen and oxygen atoms in total. The Kier molecular flexibility index (Phi) is 3.31. The number of nitrogens with one attached hydrogen (secondary N) is 1. The Balaban J connectivity index is 2.07. The van der Waals surface area contributed by atoms with Gasteiger partial charge in [0.15, 0.2) is 5.75 Å². The van der Waals surface area contributed by atoms with Gasteiger partial charge in [-0.05, 0) is 24.4 Å². The third kappa shape index (κ3) is 2.45. The first-order valence-corrected chi connectivity index (χ1v) is 6.75. The zero-order valence-electron chi connectivity index (χ0n) is 11.7. The van der Waals surface area contributed by atoms with Crippen LogP contribution in [0.25, 0.3) is 10.8 Å². The van der Waals surface area contributed by atoms with Crippen LogP contribution in [0.15, 0.2) is 48.8 Å². The fourth-order valence-electron chi connectivity index (χ4n) is 2.29. The van der Waals surface area contributed by atoms with Crippen LogP contribution < -0.4 is 10.5 Å². The average Bonchev–Trinajstić information content (AvgIpc) is 2.95. The predicted octanol–water partition coefficient (Wildman–Crippen LogP) is 3.13. The van der Waals surface area contributed by atoms with E-state index in [2.05, 4.69) is 5.10 Å². The molecular weight excluding hydrogens is 264 g/mol. The molecule has 3 aromatic rings. The van der Waals surface area contributed by atoms with Gasteiger partial charge in [0, 0.05) is 17.5 Å². The summed E-state index contributed by atoms with van der Waals surface area (Å²) in [5.74, 6) is 1.47. The van der Waals surface area contributed by atoms with Crippen molar-refractivity contribution >= 4 is 16.6 Å². The van der Waals surface area contributed by atoms with Crippen LogP contribution in [-0.4, -0.2) is 15.6 Å². The van der Waals surface area contributed by atoms with Crippen molar-refractivity contribution in [2.75, 3.05) is 0 Å². The predicted molar refractivity (Wildman–Crippen MR) is 82.9 cm³/mol. The fourth-order valence-corrected chi connectivity index (χ4v) is 2.29. The van der Waals surface area contributed by atoms with Crippen LogP contribution in [0.4, 0.5) is 0 Å². The third-order valence-corrected chi connectivity index (χ3v) is 3.34. The maximum Gasteiger partial charge on any atom is 0.165 e. The highest BCUT2D eigenvalue weighted by molar-refractivity contribution is 6.09. The van der Waals surface area contributed by atoms with E-state index in [1.54, 1.807) is 6.20 Å². The van der Waals surface area contributed by atoms with Crippen LogP contribution >= 0.6 is 0 Å². The summed E-state index contributed by atoms with van der Waals surface area (Å²) in [6.45, 7) is 2.82. The lowest BCUT2D eigenvalue weighted by Crippen LogP contribution is -2.11. The highest BCUT2D eigenvalue weighted by atomic mass is 16.5. The van der Waals surface area contributed by atoms with Crippen molar-refractivity contribution in [3.05, 3.63) is 54.4 Å². The number of fused-ring (bicyclic) bond motifs is 1. The molecule has 21 heavy (non-hydrogen) atoms. The lowest BCUT2D eigenvalue weighted by atomic mass is 10.0. The SMILES string of the molecule is CCn1cc(Oc2ccc(C(=N)N)c3ccccc23)cn1. The summed E-state index contributed by atoms with van der Waals surface area (Å²) < 4.78 is 7.72. The second-order valence-corrected chi connectivity index (χ2v) is 4.70. The second-order valence-electron chi connectivity index (χ2n) is 4.70. The quantitative estimate of drug-likeness (QED) is 0.569. The number of aromatic nitrogens is 2. The van der Waals surface area contributed by atoms with Crippen LogP contribution in [0.1, 0.15) is 12.5 Å². The van der Waals surface area contributed by atoms with Gasteiger partial charge in [0.2, 0.25) is 0 Å². The maximum absolute atomic E-state index is 7.66. The van der Waals surface area contributed by atoms with Gasteiger partial charge in [0.25, 0.3) is 0 Å². The molecule has 0 spiro atoms. The van der Waals surface area contributed by atoms with Crippen molar-refractivity contribution in [3.8, 4) is 11.5 Å². The Morgan fingerprint density at radius 1 is 1.24 bits per heavy atom. The van der Waals surface area contributed by atoms with Gasteiger partial charge in [-0.1, -0.05) is 24.3 Å². The first kappa shape index (κ1) is 13.2. The molecule has 1 aromatic heterocycles. The number of amidine groups is 1. The van der Waals surface area contributed by atoms with Gasteiger partial charge in [-0.3, -0.25) is 10.1 Å². The number of nitrogen functional groups attached to an aromatic ring is 1. The van der Waals surface area contributed by atoms with Gasteiger partial charge in [-0.2, -0.15) is 5.10 Å². The minimum absolute atomic E-state index is 0.0524. The molecule has 5 heteroatoms. The van der Waals surface area contributed by atoms with Gasteiger partial charge >= 0.3 is 0 Å². The number of nitrogens with two attached hydrogens (primary N) is 1. The number of hydrogen-bond donors (Lipinski definition) is 2. The highest BCUT2D eigenvalue weighted by Gasteiger charge is 2.10. The molecule has 0 saturated heterocycles. The monoisotopic (exact) mass is 280 g/mol. The van der Waals surface area contributed by atoms with Crippen molar-refractivity contribution in [1.29, 1.82) is 5.41 Å². The molecule has 0 fully saturated rings. The zero-order valence-corrected chi connectivity index (χ0v) is 11.7. The highest BCUT2D eigenvalue weighted by Crippen LogP contribution is 2.31. The first-order valence-electron chi connectivity index (χ1n) is 6.75. The Hall–Kier alpha value is -2.82. The Morgan fingerprint density at radius 3 is 2.67 bits per heavy atom. The molecule has 0 aliphatic carbocycles. The molecular formula is C16H16N4O. The summed E-state index contributed by atoms with van der Waals surface area (Å²) in [6.07, 6.45) is 3.55. The summed E-state index contributed by atoms with van der Waals surface area (Å²) >= 11 is 0. The van der Waals surface area contributed by atoms with Crippen LogP contribution in [0.3, 0.4) is 0 Å². The van der Waals surface area contributed by atoms with E-state index < -0.39 is 0 Å². The number of hydrogen-bond acceptors (Lipinski definition) is 3. The molecule has 3 N–H and O–H groups in total. The van der Waals surface area contributed by atoms with Crippen LogP contribution in [0.2, 0.25) is 0 Å². The fraction of sp³-hybridized carbons (Fsp3) is 0.125. The molecule has 3 rings (SSSR count). The Bertz CT molecular complexity index is 807. The molecule has 0 atom stereocenters. The lowest BCUT2D eigenvalue weighted by molar-refractivity contribution is 0.487. The van der Waals surface area contributed by atoms with Gasteiger partial charge < -0.3 is 10.5 Å². The third-order valence-electron chi connectivity index (χ3n) is 3.34. The number of aryl methyl sites for hydroxylation is 1. The molecule has 106 valence electrons. The van der Waals surface area contributed by atoms with Crippen LogP contribution in [-0.2, 0) is 6.54 Å². The van der Waals surface area contributed by atoms with Gasteiger partial charge in [0.1, 0.15) is 11.6 Å². The van der Waals surface area contributed by atoms with Crippen molar-refractivity contribution in [2.45, 2.75) is 13.5 Å². The number of benzene rings is 2. The lowest BCUT2D eigenvalue weighted by Gasteiger charge is -2.10. The minimum Gasteiger partial charge on any atom is -0.453 e. The van der Waals surface area contributed by atoms with Crippen molar-refractivity contribution < 1.29 is 4.74 Å². The van der Waals surface area contributed by atoms with Crippen molar-refractivity contribution in [1.82, 2.24) is 9.78 Å². The van der Waals surface area contributed by atoms with E-state index in [1.807, 2.05) is 54.2 Å².